The highest BCUT2D eigenvalue weighted by Gasteiger charge is 2.20. The van der Waals surface area contributed by atoms with Crippen LogP contribution in [0.3, 0.4) is 0 Å². The number of pyridine rings is 1. The molecule has 154 valence electrons. The number of anilines is 1. The van der Waals surface area contributed by atoms with Gasteiger partial charge in [-0.1, -0.05) is 6.07 Å². The van der Waals surface area contributed by atoms with Gasteiger partial charge in [0, 0.05) is 23.7 Å². The topological polar surface area (TPSA) is 75.0 Å². The summed E-state index contributed by atoms with van der Waals surface area (Å²) in [6.07, 6.45) is 1.58. The number of aromatic nitrogens is 3. The van der Waals surface area contributed by atoms with E-state index in [4.69, 9.17) is 4.74 Å². The van der Waals surface area contributed by atoms with Crippen LogP contribution < -0.4 is 9.46 Å². The third-order valence-corrected chi connectivity index (χ3v) is 5.44. The van der Waals surface area contributed by atoms with Gasteiger partial charge in [0.05, 0.1) is 23.0 Å². The highest BCUT2D eigenvalue weighted by molar-refractivity contribution is 7.92. The molecule has 2 aromatic carbocycles. The van der Waals surface area contributed by atoms with Gasteiger partial charge >= 0.3 is 0 Å². The quantitative estimate of drug-likeness (QED) is 0.451. The fourth-order valence-corrected chi connectivity index (χ4v) is 3.98. The fourth-order valence-electron chi connectivity index (χ4n) is 3.13. The normalized spacial score (nSPS) is 12.3. The maximum atomic E-state index is 14.3. The Labute approximate surface area is 177 Å². The smallest absolute Gasteiger partial charge is 0.183 e. The van der Waals surface area contributed by atoms with Crippen molar-refractivity contribution in [1.29, 1.82) is 0 Å². The van der Waals surface area contributed by atoms with Gasteiger partial charge in [0.2, 0.25) is 0 Å². The van der Waals surface area contributed by atoms with Gasteiger partial charge in [-0.3, -0.25) is 4.98 Å². The predicted octanol–water partition coefficient (Wildman–Crippen LogP) is 4.79. The minimum atomic E-state index is -1.69. The molecular formula is C22H21FN4O2S. The summed E-state index contributed by atoms with van der Waals surface area (Å²) in [4.78, 5) is 4.68. The summed E-state index contributed by atoms with van der Waals surface area (Å²) >= 11 is -1.69. The van der Waals surface area contributed by atoms with E-state index >= 15 is 0 Å². The lowest BCUT2D eigenvalue weighted by Gasteiger charge is -2.15. The van der Waals surface area contributed by atoms with Crippen LogP contribution in [0.2, 0.25) is 0 Å². The number of nitrogens with one attached hydrogen (secondary N) is 1. The Kier molecular flexibility index (Phi) is 5.61. The molecule has 4 rings (SSSR count). The summed E-state index contributed by atoms with van der Waals surface area (Å²) in [5.41, 5.74) is 2.39. The Balaban J connectivity index is 1.66. The Bertz CT molecular complexity index is 1190. The maximum Gasteiger partial charge on any atom is 0.183 e. The maximum absolute atomic E-state index is 14.3. The molecule has 6 nitrogen and oxygen atoms in total. The van der Waals surface area contributed by atoms with Crippen molar-refractivity contribution in [1.82, 2.24) is 14.8 Å². The van der Waals surface area contributed by atoms with Crippen molar-refractivity contribution in [2.45, 2.75) is 31.8 Å². The molecular weight excluding hydrogens is 403 g/mol. The zero-order valence-corrected chi connectivity index (χ0v) is 17.6. The zero-order chi connectivity index (χ0) is 21.3. The number of halogens is 1. The Hall–Kier alpha value is -3.10. The summed E-state index contributed by atoms with van der Waals surface area (Å²) in [5.74, 6) is 0.112. The second-order valence-corrected chi connectivity index (χ2v) is 8.27. The SMILES string of the molecule is Cc1cc(N[S+]([O-])c2ccc(OC(C)C)c(F)c2)n(-c2cccc3ncccc23)n1. The second kappa shape index (κ2) is 8.33. The van der Waals surface area contributed by atoms with Crippen LogP contribution in [-0.2, 0) is 11.4 Å². The molecule has 0 aliphatic rings. The van der Waals surface area contributed by atoms with E-state index in [1.807, 2.05) is 51.1 Å². The molecule has 0 fully saturated rings. The number of benzene rings is 2. The molecule has 0 aliphatic heterocycles. The van der Waals surface area contributed by atoms with Crippen LogP contribution in [0.15, 0.2) is 65.7 Å². The molecule has 0 radical (unpaired) electrons. The van der Waals surface area contributed by atoms with E-state index in [0.29, 0.717) is 10.7 Å². The first-order valence-electron chi connectivity index (χ1n) is 9.48. The molecule has 0 saturated carbocycles. The molecule has 4 aromatic rings. The number of aryl methyl sites for hydroxylation is 1. The van der Waals surface area contributed by atoms with Gasteiger partial charge in [0.25, 0.3) is 0 Å². The number of fused-ring (bicyclic) bond motifs is 1. The van der Waals surface area contributed by atoms with E-state index in [0.717, 1.165) is 22.3 Å². The minimum Gasteiger partial charge on any atom is -0.588 e. The largest absolute Gasteiger partial charge is 0.588 e. The van der Waals surface area contributed by atoms with Crippen molar-refractivity contribution in [3.63, 3.8) is 0 Å². The summed E-state index contributed by atoms with van der Waals surface area (Å²) in [7, 11) is 0. The Morgan fingerprint density at radius 2 is 1.97 bits per heavy atom. The molecule has 1 N–H and O–H groups in total. The van der Waals surface area contributed by atoms with Gasteiger partial charge in [-0.2, -0.15) is 9.82 Å². The summed E-state index contributed by atoms with van der Waals surface area (Å²) < 4.78 is 37.2. The van der Waals surface area contributed by atoms with Crippen molar-refractivity contribution in [2.24, 2.45) is 0 Å². The first-order chi connectivity index (χ1) is 14.4. The highest BCUT2D eigenvalue weighted by Crippen LogP contribution is 2.27. The molecule has 0 amide bonds. The average molecular weight is 425 g/mol. The van der Waals surface area contributed by atoms with Crippen LogP contribution in [-0.4, -0.2) is 25.4 Å². The summed E-state index contributed by atoms with van der Waals surface area (Å²) in [6.45, 7) is 5.49. The van der Waals surface area contributed by atoms with Crippen LogP contribution in [0.1, 0.15) is 19.5 Å². The molecule has 0 aliphatic carbocycles. The van der Waals surface area contributed by atoms with Gasteiger partial charge in [-0.05, 0) is 57.2 Å². The molecule has 0 bridgehead atoms. The average Bonchev–Trinajstić information content (AvgIpc) is 3.08. The number of ether oxygens (including phenoxy) is 1. The van der Waals surface area contributed by atoms with E-state index < -0.39 is 17.2 Å². The predicted molar refractivity (Wildman–Crippen MR) is 116 cm³/mol. The molecule has 8 heteroatoms. The first-order valence-corrected chi connectivity index (χ1v) is 10.6. The zero-order valence-electron chi connectivity index (χ0n) is 16.8. The lowest BCUT2D eigenvalue weighted by molar-refractivity contribution is 0.231. The number of hydrogen-bond acceptors (Lipinski definition) is 5. The Morgan fingerprint density at radius 1 is 1.13 bits per heavy atom. The lowest BCUT2D eigenvalue weighted by atomic mass is 10.2. The van der Waals surface area contributed by atoms with E-state index in [1.54, 1.807) is 23.0 Å². The van der Waals surface area contributed by atoms with E-state index in [2.05, 4.69) is 14.8 Å². The second-order valence-electron chi connectivity index (χ2n) is 7.06. The molecule has 1 atom stereocenters. The van der Waals surface area contributed by atoms with Gasteiger partial charge in [0.15, 0.2) is 22.3 Å². The molecule has 0 saturated heterocycles. The number of nitrogens with zero attached hydrogens (tertiary/aromatic N) is 3. The Morgan fingerprint density at radius 3 is 2.73 bits per heavy atom. The van der Waals surface area contributed by atoms with Crippen molar-refractivity contribution < 1.29 is 13.7 Å². The number of rotatable bonds is 6. The first kappa shape index (κ1) is 20.2. The van der Waals surface area contributed by atoms with Crippen LogP contribution in [0.25, 0.3) is 16.6 Å². The van der Waals surface area contributed by atoms with Crippen molar-refractivity contribution >= 4 is 28.1 Å². The van der Waals surface area contributed by atoms with Gasteiger partial charge in [-0.25, -0.2) is 9.07 Å². The third-order valence-electron chi connectivity index (χ3n) is 4.36. The third kappa shape index (κ3) is 4.10. The van der Waals surface area contributed by atoms with Crippen molar-refractivity contribution in [3.8, 4) is 11.4 Å². The molecule has 2 aromatic heterocycles. The molecule has 0 spiro atoms. The van der Waals surface area contributed by atoms with Crippen LogP contribution in [0.4, 0.5) is 10.2 Å². The molecule has 2 heterocycles. The van der Waals surface area contributed by atoms with Gasteiger partial charge in [-0.15, -0.1) is 0 Å². The lowest BCUT2D eigenvalue weighted by Crippen LogP contribution is -2.16. The van der Waals surface area contributed by atoms with Crippen LogP contribution in [0, 0.1) is 12.7 Å². The molecule has 30 heavy (non-hydrogen) atoms. The van der Waals surface area contributed by atoms with E-state index in [9.17, 15) is 8.94 Å². The molecule has 1 unspecified atom stereocenters. The van der Waals surface area contributed by atoms with E-state index in [1.165, 1.54) is 12.1 Å². The van der Waals surface area contributed by atoms with Crippen LogP contribution in [0.5, 0.6) is 5.75 Å². The highest BCUT2D eigenvalue weighted by atomic mass is 32.2. The minimum absolute atomic E-state index is 0.134. The van der Waals surface area contributed by atoms with Crippen molar-refractivity contribution in [2.75, 3.05) is 4.72 Å². The van der Waals surface area contributed by atoms with Crippen molar-refractivity contribution in [3.05, 3.63) is 72.3 Å². The fraction of sp³-hybridized carbons (Fsp3) is 0.182. The summed E-state index contributed by atoms with van der Waals surface area (Å²) in [6, 6.07) is 15.6. The van der Waals surface area contributed by atoms with Crippen LogP contribution >= 0.6 is 0 Å². The van der Waals surface area contributed by atoms with E-state index in [-0.39, 0.29) is 11.9 Å². The summed E-state index contributed by atoms with van der Waals surface area (Å²) in [5, 5.41) is 5.45. The van der Waals surface area contributed by atoms with Gasteiger partial charge in [0.1, 0.15) is 11.4 Å². The number of hydrogen-bond donors (Lipinski definition) is 1. The standard InChI is InChI=1S/C22H21FN4O2S/c1-14(2)29-21-10-9-16(13-18(21)23)30(28)26-22-12-15(3)25-27(22)20-8-4-7-19-17(20)6-5-11-24-19/h4-14,26H,1-3H3. The van der Waals surface area contributed by atoms with Gasteiger partial charge < -0.3 is 9.29 Å². The monoisotopic (exact) mass is 424 g/mol.